The lowest BCUT2D eigenvalue weighted by Crippen LogP contribution is -2.52. The Kier molecular flexibility index (Phi) is 4.11. The Bertz CT molecular complexity index is 973. The summed E-state index contributed by atoms with van der Waals surface area (Å²) in [4.78, 5) is 25.1. The zero-order valence-electron chi connectivity index (χ0n) is 15.2. The molecule has 0 fully saturated rings. The van der Waals surface area contributed by atoms with E-state index in [1.807, 2.05) is 50.3 Å². The molecule has 0 saturated carbocycles. The summed E-state index contributed by atoms with van der Waals surface area (Å²) in [5.74, 6) is 1.13. The van der Waals surface area contributed by atoms with Gasteiger partial charge in [0.15, 0.2) is 0 Å². The number of amides is 2. The Hall–Kier alpha value is -3.28. The van der Waals surface area contributed by atoms with Gasteiger partial charge < -0.3 is 20.4 Å². The molecule has 2 aromatic rings. The molecule has 0 bridgehead atoms. The minimum Gasteiger partial charge on any atom is -0.465 e. The summed E-state index contributed by atoms with van der Waals surface area (Å²) in [7, 11) is 0. The van der Waals surface area contributed by atoms with E-state index in [1.165, 1.54) is 0 Å². The molecule has 1 aromatic heterocycles. The van der Waals surface area contributed by atoms with E-state index in [0.717, 1.165) is 11.4 Å². The third-order valence-corrected chi connectivity index (χ3v) is 4.95. The molecule has 4 rings (SSSR count). The SMILES string of the molecule is Cc1ccc(CNC(=O)C2=CC3NC(=O)c4ccccc4NC3(C)C=C2)o1. The Morgan fingerprint density at radius 3 is 2.85 bits per heavy atom. The van der Waals surface area contributed by atoms with Gasteiger partial charge in [0.25, 0.3) is 11.8 Å². The highest BCUT2D eigenvalue weighted by Gasteiger charge is 2.38. The van der Waals surface area contributed by atoms with E-state index in [2.05, 4.69) is 16.0 Å². The average molecular weight is 363 g/mol. The van der Waals surface area contributed by atoms with Crippen molar-refractivity contribution in [2.24, 2.45) is 0 Å². The highest BCUT2D eigenvalue weighted by molar-refractivity contribution is 6.02. The number of fused-ring (bicyclic) bond motifs is 2. The van der Waals surface area contributed by atoms with Crippen molar-refractivity contribution in [2.75, 3.05) is 5.32 Å². The van der Waals surface area contributed by atoms with Crippen LogP contribution in [-0.2, 0) is 11.3 Å². The Balaban J connectivity index is 1.53. The molecular formula is C21H21N3O3. The van der Waals surface area contributed by atoms with Crippen LogP contribution in [0.15, 0.2) is 64.6 Å². The predicted molar refractivity (Wildman–Crippen MR) is 102 cm³/mol. The van der Waals surface area contributed by atoms with Gasteiger partial charge in [-0.3, -0.25) is 9.59 Å². The van der Waals surface area contributed by atoms with Crippen LogP contribution in [0.4, 0.5) is 5.69 Å². The van der Waals surface area contributed by atoms with Crippen molar-refractivity contribution in [3.8, 4) is 0 Å². The third kappa shape index (κ3) is 3.26. The van der Waals surface area contributed by atoms with Gasteiger partial charge in [-0.05, 0) is 44.2 Å². The second kappa shape index (κ2) is 6.46. The van der Waals surface area contributed by atoms with Crippen molar-refractivity contribution in [1.82, 2.24) is 10.6 Å². The van der Waals surface area contributed by atoms with Gasteiger partial charge in [-0.15, -0.1) is 0 Å². The smallest absolute Gasteiger partial charge is 0.253 e. The van der Waals surface area contributed by atoms with Gasteiger partial charge in [-0.1, -0.05) is 24.3 Å². The molecule has 0 spiro atoms. The maximum atomic E-state index is 12.6. The topological polar surface area (TPSA) is 83.4 Å². The number of carbonyl (C=O) groups excluding carboxylic acids is 2. The van der Waals surface area contributed by atoms with Gasteiger partial charge in [0.2, 0.25) is 0 Å². The fourth-order valence-electron chi connectivity index (χ4n) is 3.39. The minimum absolute atomic E-state index is 0.163. The van der Waals surface area contributed by atoms with Gasteiger partial charge in [0.05, 0.1) is 23.7 Å². The van der Waals surface area contributed by atoms with Crippen LogP contribution in [0.3, 0.4) is 0 Å². The second-order valence-corrected chi connectivity index (χ2v) is 7.05. The molecule has 138 valence electrons. The summed E-state index contributed by atoms with van der Waals surface area (Å²) in [6.45, 7) is 4.17. The normalized spacial score (nSPS) is 23.3. The molecular weight excluding hydrogens is 342 g/mol. The quantitative estimate of drug-likeness (QED) is 0.783. The number of hydrogen-bond donors (Lipinski definition) is 3. The van der Waals surface area contributed by atoms with E-state index in [-0.39, 0.29) is 17.9 Å². The number of furan rings is 1. The largest absolute Gasteiger partial charge is 0.465 e. The molecule has 0 radical (unpaired) electrons. The molecule has 2 heterocycles. The number of anilines is 1. The van der Waals surface area contributed by atoms with E-state index in [4.69, 9.17) is 4.42 Å². The highest BCUT2D eigenvalue weighted by atomic mass is 16.3. The molecule has 3 N–H and O–H groups in total. The molecule has 6 nitrogen and oxygen atoms in total. The lowest BCUT2D eigenvalue weighted by molar-refractivity contribution is -0.117. The van der Waals surface area contributed by atoms with Gasteiger partial charge in [0.1, 0.15) is 11.5 Å². The van der Waals surface area contributed by atoms with Crippen LogP contribution in [0, 0.1) is 6.92 Å². The molecule has 27 heavy (non-hydrogen) atoms. The van der Waals surface area contributed by atoms with Gasteiger partial charge in [0, 0.05) is 11.3 Å². The summed E-state index contributed by atoms with van der Waals surface area (Å²) < 4.78 is 5.47. The molecule has 0 saturated heterocycles. The highest BCUT2D eigenvalue weighted by Crippen LogP contribution is 2.31. The maximum absolute atomic E-state index is 12.6. The first-order valence-electron chi connectivity index (χ1n) is 8.87. The van der Waals surface area contributed by atoms with Crippen molar-refractivity contribution in [1.29, 1.82) is 0 Å². The molecule has 2 aliphatic rings. The molecule has 2 amide bonds. The first-order chi connectivity index (χ1) is 12.9. The van der Waals surface area contributed by atoms with Gasteiger partial charge in [-0.2, -0.15) is 0 Å². The lowest BCUT2D eigenvalue weighted by Gasteiger charge is -2.36. The monoisotopic (exact) mass is 363 g/mol. The predicted octanol–water partition coefficient (Wildman–Crippen LogP) is 2.68. The summed E-state index contributed by atoms with van der Waals surface area (Å²) in [5, 5.41) is 9.29. The molecule has 2 unspecified atom stereocenters. The second-order valence-electron chi connectivity index (χ2n) is 7.05. The number of para-hydroxylation sites is 1. The number of carbonyl (C=O) groups is 2. The van der Waals surface area contributed by atoms with E-state index in [9.17, 15) is 9.59 Å². The van der Waals surface area contributed by atoms with Crippen LogP contribution >= 0.6 is 0 Å². The van der Waals surface area contributed by atoms with Crippen LogP contribution in [0.5, 0.6) is 0 Å². The number of benzene rings is 1. The standard InChI is InChI=1S/C21H21N3O3/c1-13-7-8-15(27-13)12-22-19(25)14-9-10-21(2)18(11-14)23-20(26)16-5-3-4-6-17(16)24-21/h3-11,18,24H,12H2,1-2H3,(H,22,25)(H,23,26). The zero-order chi connectivity index (χ0) is 19.0. The molecule has 6 heteroatoms. The Labute approximate surface area is 157 Å². The van der Waals surface area contributed by atoms with Gasteiger partial charge in [-0.25, -0.2) is 0 Å². The first kappa shape index (κ1) is 17.1. The fraction of sp³-hybridized carbons (Fsp3) is 0.238. The Morgan fingerprint density at radius 1 is 1.26 bits per heavy atom. The van der Waals surface area contributed by atoms with E-state index in [1.54, 1.807) is 18.2 Å². The molecule has 1 aliphatic carbocycles. The van der Waals surface area contributed by atoms with Crippen LogP contribution in [0.1, 0.15) is 28.8 Å². The van der Waals surface area contributed by atoms with Crippen LogP contribution in [0.25, 0.3) is 0 Å². The van der Waals surface area contributed by atoms with Gasteiger partial charge >= 0.3 is 0 Å². The first-order valence-corrected chi connectivity index (χ1v) is 8.87. The van der Waals surface area contributed by atoms with Crippen molar-refractivity contribution in [2.45, 2.75) is 32.0 Å². The number of rotatable bonds is 3. The molecule has 1 aliphatic heterocycles. The van der Waals surface area contributed by atoms with Crippen molar-refractivity contribution >= 4 is 17.5 Å². The summed E-state index contributed by atoms with van der Waals surface area (Å²) in [5.41, 5.74) is 1.35. The third-order valence-electron chi connectivity index (χ3n) is 4.95. The molecule has 1 aromatic carbocycles. The summed E-state index contributed by atoms with van der Waals surface area (Å²) in [6.07, 6.45) is 5.50. The van der Waals surface area contributed by atoms with Crippen molar-refractivity contribution in [3.05, 3.63) is 77.3 Å². The van der Waals surface area contributed by atoms with Crippen molar-refractivity contribution < 1.29 is 14.0 Å². The number of nitrogens with one attached hydrogen (secondary N) is 3. The average Bonchev–Trinajstić information content (AvgIpc) is 3.02. The number of hydrogen-bond acceptors (Lipinski definition) is 4. The zero-order valence-corrected chi connectivity index (χ0v) is 15.2. The molecule has 2 atom stereocenters. The number of aryl methyl sites for hydroxylation is 1. The fourth-order valence-corrected chi connectivity index (χ4v) is 3.39. The van der Waals surface area contributed by atoms with Crippen molar-refractivity contribution in [3.63, 3.8) is 0 Å². The summed E-state index contributed by atoms with van der Waals surface area (Å²) >= 11 is 0. The van der Waals surface area contributed by atoms with Crippen LogP contribution in [-0.4, -0.2) is 23.4 Å². The van der Waals surface area contributed by atoms with E-state index in [0.29, 0.717) is 23.4 Å². The van der Waals surface area contributed by atoms with Crippen LogP contribution < -0.4 is 16.0 Å². The summed E-state index contributed by atoms with van der Waals surface area (Å²) in [6, 6.07) is 10.7. The minimum atomic E-state index is -0.524. The Morgan fingerprint density at radius 2 is 2.07 bits per heavy atom. The lowest BCUT2D eigenvalue weighted by atomic mass is 9.85. The van der Waals surface area contributed by atoms with E-state index >= 15 is 0 Å². The van der Waals surface area contributed by atoms with E-state index < -0.39 is 5.54 Å². The maximum Gasteiger partial charge on any atom is 0.253 e. The van der Waals surface area contributed by atoms with Crippen LogP contribution in [0.2, 0.25) is 0 Å².